The minimum absolute atomic E-state index is 0.297. The lowest BCUT2D eigenvalue weighted by Gasteiger charge is -2.28. The maximum Gasteiger partial charge on any atom is 0.326 e. The molecule has 0 aliphatic rings. The number of nitrogens with one attached hydrogen (secondary N) is 1. The third-order valence-corrected chi connectivity index (χ3v) is 2.94. The van der Waals surface area contributed by atoms with E-state index in [2.05, 4.69) is 5.32 Å². The Balaban J connectivity index is 5.13. The average Bonchev–Trinajstić information content (AvgIpc) is 2.36. The van der Waals surface area contributed by atoms with Crippen molar-refractivity contribution in [2.45, 2.75) is 52.1 Å². The summed E-state index contributed by atoms with van der Waals surface area (Å²) >= 11 is 0. The van der Waals surface area contributed by atoms with Crippen LogP contribution in [0.25, 0.3) is 0 Å². The van der Waals surface area contributed by atoms with Gasteiger partial charge in [-0.2, -0.15) is 0 Å². The summed E-state index contributed by atoms with van der Waals surface area (Å²) in [6.45, 7) is 4.05. The topological polar surface area (TPSA) is 130 Å². The first-order valence-electron chi connectivity index (χ1n) is 6.76. The first kappa shape index (κ1) is 19.0. The Kier molecular flexibility index (Phi) is 8.22. The van der Waals surface area contributed by atoms with E-state index in [1.54, 1.807) is 0 Å². The number of aliphatic carboxylic acids is 1. The molecule has 0 radical (unpaired) electrons. The van der Waals surface area contributed by atoms with Gasteiger partial charge in [0.1, 0.15) is 12.1 Å². The molecule has 0 bridgehead atoms. The first-order chi connectivity index (χ1) is 9.72. The lowest BCUT2D eigenvalue weighted by atomic mass is 10.1. The Hall–Kier alpha value is -1.96. The largest absolute Gasteiger partial charge is 0.480 e. The van der Waals surface area contributed by atoms with Crippen LogP contribution in [0.1, 0.15) is 40.0 Å². The third-order valence-electron chi connectivity index (χ3n) is 2.94. The van der Waals surface area contributed by atoms with Crippen molar-refractivity contribution in [2.75, 3.05) is 6.54 Å². The molecule has 0 aliphatic heterocycles. The van der Waals surface area contributed by atoms with E-state index in [0.29, 0.717) is 30.7 Å². The highest BCUT2D eigenvalue weighted by atomic mass is 16.4. The van der Waals surface area contributed by atoms with Crippen molar-refractivity contribution in [1.29, 1.82) is 0 Å². The molecule has 0 heterocycles. The average molecular weight is 301 g/mol. The fraction of sp³-hybridized carbons (Fsp3) is 0.692. The molecule has 0 saturated heterocycles. The Bertz CT molecular complexity index is 411. The van der Waals surface area contributed by atoms with E-state index in [9.17, 15) is 19.2 Å². The predicted molar refractivity (Wildman–Crippen MR) is 75.1 cm³/mol. The molecular formula is C13H23N3O5. The van der Waals surface area contributed by atoms with Crippen molar-refractivity contribution in [3.63, 3.8) is 0 Å². The number of carboxylic acids is 1. The van der Waals surface area contributed by atoms with Crippen LogP contribution in [-0.2, 0) is 19.2 Å². The third kappa shape index (κ3) is 6.35. The molecule has 0 saturated carbocycles. The molecule has 0 rings (SSSR count). The minimum atomic E-state index is -1.29. The molecule has 0 fully saturated rings. The number of nitrogens with zero attached hydrogens (tertiary/aromatic N) is 1. The van der Waals surface area contributed by atoms with E-state index in [1.165, 1.54) is 13.8 Å². The molecule has 0 aliphatic carbocycles. The standard InChI is InChI=1S/C13H23N3O5/c1-8(13(20)21)16(10(3)18)12(19)11(15-9(2)17)6-4-5-7-14/h8,11H,4-7,14H2,1-3H3,(H,15,17)(H,20,21)/t8-,11-/m0/s1. The van der Waals surface area contributed by atoms with Gasteiger partial charge < -0.3 is 16.2 Å². The molecule has 0 aromatic carbocycles. The number of hydrogen-bond acceptors (Lipinski definition) is 5. The van der Waals surface area contributed by atoms with E-state index in [1.807, 2.05) is 0 Å². The molecule has 0 aromatic rings. The van der Waals surface area contributed by atoms with Crippen molar-refractivity contribution in [1.82, 2.24) is 10.2 Å². The van der Waals surface area contributed by atoms with Gasteiger partial charge in [0.2, 0.25) is 11.8 Å². The number of imide groups is 1. The highest BCUT2D eigenvalue weighted by Gasteiger charge is 2.33. The van der Waals surface area contributed by atoms with Gasteiger partial charge >= 0.3 is 5.97 Å². The van der Waals surface area contributed by atoms with Crippen LogP contribution in [0.5, 0.6) is 0 Å². The zero-order chi connectivity index (χ0) is 16.6. The lowest BCUT2D eigenvalue weighted by molar-refractivity contribution is -0.157. The molecule has 8 nitrogen and oxygen atoms in total. The normalized spacial score (nSPS) is 13.1. The summed E-state index contributed by atoms with van der Waals surface area (Å²) in [5, 5.41) is 11.4. The lowest BCUT2D eigenvalue weighted by Crippen LogP contribution is -2.54. The molecule has 3 amide bonds. The van der Waals surface area contributed by atoms with E-state index in [-0.39, 0.29) is 0 Å². The van der Waals surface area contributed by atoms with Crippen LogP contribution in [0.2, 0.25) is 0 Å². The minimum Gasteiger partial charge on any atom is -0.480 e. The van der Waals surface area contributed by atoms with Crippen molar-refractivity contribution in [3.05, 3.63) is 0 Å². The second-order valence-electron chi connectivity index (χ2n) is 4.78. The Morgan fingerprint density at radius 2 is 1.76 bits per heavy atom. The SMILES string of the molecule is CC(=O)N[C@@H](CCCCN)C(=O)N(C(C)=O)[C@@H](C)C(=O)O. The van der Waals surface area contributed by atoms with Gasteiger partial charge in [0, 0.05) is 13.8 Å². The van der Waals surface area contributed by atoms with Crippen molar-refractivity contribution in [2.24, 2.45) is 5.73 Å². The van der Waals surface area contributed by atoms with E-state index >= 15 is 0 Å². The summed E-state index contributed by atoms with van der Waals surface area (Å²) in [6, 6.07) is -2.22. The zero-order valence-corrected chi connectivity index (χ0v) is 12.6. The summed E-state index contributed by atoms with van der Waals surface area (Å²) in [7, 11) is 0. The van der Waals surface area contributed by atoms with E-state index in [0.717, 1.165) is 6.92 Å². The van der Waals surface area contributed by atoms with Crippen LogP contribution in [0, 0.1) is 0 Å². The number of nitrogens with two attached hydrogens (primary N) is 1. The Morgan fingerprint density at radius 1 is 1.19 bits per heavy atom. The monoisotopic (exact) mass is 301 g/mol. The number of rotatable bonds is 8. The van der Waals surface area contributed by atoms with Crippen LogP contribution in [0.4, 0.5) is 0 Å². The molecule has 2 atom stereocenters. The smallest absolute Gasteiger partial charge is 0.326 e. The molecule has 21 heavy (non-hydrogen) atoms. The van der Waals surface area contributed by atoms with Crippen molar-refractivity contribution < 1.29 is 24.3 Å². The predicted octanol–water partition coefficient (Wildman–Crippen LogP) is -0.532. The fourth-order valence-corrected chi connectivity index (χ4v) is 1.89. The molecular weight excluding hydrogens is 278 g/mol. The summed E-state index contributed by atoms with van der Waals surface area (Å²) in [6.07, 6.45) is 1.55. The van der Waals surface area contributed by atoms with Gasteiger partial charge in [-0.15, -0.1) is 0 Å². The van der Waals surface area contributed by atoms with Gasteiger partial charge in [0.25, 0.3) is 5.91 Å². The number of hydrogen-bond donors (Lipinski definition) is 3. The quantitative estimate of drug-likeness (QED) is 0.517. The van der Waals surface area contributed by atoms with E-state index < -0.39 is 35.8 Å². The summed E-state index contributed by atoms with van der Waals surface area (Å²) in [5.74, 6) is -3.11. The molecule has 0 spiro atoms. The highest BCUT2D eigenvalue weighted by molar-refractivity contribution is 6.01. The molecule has 0 aromatic heterocycles. The van der Waals surface area contributed by atoms with Crippen LogP contribution in [0.15, 0.2) is 0 Å². The summed E-state index contributed by atoms with van der Waals surface area (Å²) in [4.78, 5) is 46.8. The number of carbonyl (C=O) groups is 4. The van der Waals surface area contributed by atoms with Crippen molar-refractivity contribution >= 4 is 23.7 Å². The molecule has 0 unspecified atom stereocenters. The number of carboxylic acid groups (broad SMARTS) is 1. The zero-order valence-electron chi connectivity index (χ0n) is 12.6. The van der Waals surface area contributed by atoms with Gasteiger partial charge in [-0.25, -0.2) is 4.79 Å². The first-order valence-corrected chi connectivity index (χ1v) is 6.76. The maximum atomic E-state index is 12.4. The maximum absolute atomic E-state index is 12.4. The highest BCUT2D eigenvalue weighted by Crippen LogP contribution is 2.09. The van der Waals surface area contributed by atoms with Crippen LogP contribution < -0.4 is 11.1 Å². The van der Waals surface area contributed by atoms with E-state index in [4.69, 9.17) is 10.8 Å². The number of unbranched alkanes of at least 4 members (excludes halogenated alkanes) is 1. The second-order valence-corrected chi connectivity index (χ2v) is 4.78. The summed E-state index contributed by atoms with van der Waals surface area (Å²) < 4.78 is 0. The fourth-order valence-electron chi connectivity index (χ4n) is 1.89. The van der Waals surface area contributed by atoms with Gasteiger partial charge in [0.15, 0.2) is 0 Å². The molecule has 120 valence electrons. The Labute approximate surface area is 123 Å². The summed E-state index contributed by atoms with van der Waals surface area (Å²) in [5.41, 5.74) is 5.37. The van der Waals surface area contributed by atoms with Crippen LogP contribution >= 0.6 is 0 Å². The van der Waals surface area contributed by atoms with Gasteiger partial charge in [-0.05, 0) is 32.7 Å². The molecule has 8 heteroatoms. The van der Waals surface area contributed by atoms with Gasteiger partial charge in [-0.1, -0.05) is 0 Å². The Morgan fingerprint density at radius 3 is 2.14 bits per heavy atom. The number of amides is 3. The van der Waals surface area contributed by atoms with Crippen LogP contribution in [-0.4, -0.2) is 52.3 Å². The molecule has 4 N–H and O–H groups in total. The number of carbonyl (C=O) groups excluding carboxylic acids is 3. The second kappa shape index (κ2) is 9.06. The van der Waals surface area contributed by atoms with Gasteiger partial charge in [0.05, 0.1) is 0 Å². The van der Waals surface area contributed by atoms with Crippen molar-refractivity contribution in [3.8, 4) is 0 Å². The van der Waals surface area contributed by atoms with Gasteiger partial charge in [-0.3, -0.25) is 19.3 Å². The van der Waals surface area contributed by atoms with Crippen LogP contribution in [0.3, 0.4) is 0 Å².